The Hall–Kier alpha value is -0.340. The second kappa shape index (κ2) is 7.02. The molecule has 0 radical (unpaired) electrons. The maximum absolute atomic E-state index is 11.6. The minimum absolute atomic E-state index is 0. The molecule has 0 saturated carbocycles. The fourth-order valence-electron chi connectivity index (χ4n) is 1.29. The molecule has 3 nitrogen and oxygen atoms in total. The Morgan fingerprint density at radius 3 is 2.40 bits per heavy atom. The molecule has 0 aliphatic carbocycles. The number of halogens is 1. The molecule has 1 aromatic rings. The van der Waals surface area contributed by atoms with Gasteiger partial charge in [-0.2, -0.15) is 0 Å². The highest BCUT2D eigenvalue weighted by Crippen LogP contribution is 2.44. The summed E-state index contributed by atoms with van der Waals surface area (Å²) >= 11 is 0. The van der Waals surface area contributed by atoms with Crippen LogP contribution >= 0.6 is 19.8 Å². The third-order valence-corrected chi connectivity index (χ3v) is 3.86. The van der Waals surface area contributed by atoms with Crippen molar-refractivity contribution < 1.29 is 9.46 Å². The van der Waals surface area contributed by atoms with E-state index in [0.717, 1.165) is 5.56 Å². The summed E-state index contributed by atoms with van der Waals surface area (Å²) in [5.74, 6) is 0. The van der Waals surface area contributed by atoms with Crippen LogP contribution in [0.25, 0.3) is 0 Å². The first-order valence-electron chi connectivity index (χ1n) is 4.69. The Morgan fingerprint density at radius 2 is 1.87 bits per heavy atom. The molecule has 0 amide bonds. The van der Waals surface area contributed by atoms with Crippen molar-refractivity contribution in [1.29, 1.82) is 0 Å². The van der Waals surface area contributed by atoms with E-state index in [0.29, 0.717) is 19.1 Å². The van der Waals surface area contributed by atoms with Crippen molar-refractivity contribution in [3.63, 3.8) is 0 Å². The van der Waals surface area contributed by atoms with Crippen LogP contribution in [0, 0.1) is 0 Å². The van der Waals surface area contributed by atoms with Crippen molar-refractivity contribution in [2.24, 2.45) is 5.73 Å². The fraction of sp³-hybridized carbons (Fsp3) is 0.400. The molecular weight excluding hydrogens is 233 g/mol. The van der Waals surface area contributed by atoms with Crippen molar-refractivity contribution in [1.82, 2.24) is 0 Å². The zero-order chi connectivity index (χ0) is 10.4. The number of hydrogen-bond donors (Lipinski definition) is 2. The second-order valence-corrected chi connectivity index (χ2v) is 5.81. The lowest BCUT2D eigenvalue weighted by Crippen LogP contribution is -2.03. The van der Waals surface area contributed by atoms with Crippen molar-refractivity contribution in [2.45, 2.75) is 12.6 Å². The molecule has 5 heteroatoms. The van der Waals surface area contributed by atoms with Crippen molar-refractivity contribution in [3.8, 4) is 0 Å². The summed E-state index contributed by atoms with van der Waals surface area (Å²) in [5.41, 5.74) is 6.21. The van der Waals surface area contributed by atoms with E-state index in [2.05, 4.69) is 0 Å². The quantitative estimate of drug-likeness (QED) is 0.787. The molecule has 0 aliphatic heterocycles. The molecule has 0 aliphatic rings. The highest BCUT2D eigenvalue weighted by atomic mass is 35.5. The van der Waals surface area contributed by atoms with Crippen molar-refractivity contribution in [2.75, 3.05) is 12.7 Å². The van der Waals surface area contributed by atoms with Crippen LogP contribution in [0.5, 0.6) is 0 Å². The van der Waals surface area contributed by atoms with Crippen LogP contribution in [-0.2, 0) is 10.7 Å². The third-order valence-electron chi connectivity index (χ3n) is 1.98. The first-order chi connectivity index (χ1) is 6.64. The summed E-state index contributed by atoms with van der Waals surface area (Å²) < 4.78 is 11.6. The van der Waals surface area contributed by atoms with Gasteiger partial charge in [0, 0.05) is 12.3 Å². The average Bonchev–Trinajstić information content (AvgIpc) is 2.16. The first-order valence-corrected chi connectivity index (χ1v) is 6.72. The Bertz CT molecular complexity index is 318. The molecule has 1 atom stereocenters. The fourth-order valence-corrected chi connectivity index (χ4v) is 2.90. The highest BCUT2D eigenvalue weighted by Gasteiger charge is 2.17. The van der Waals surface area contributed by atoms with Crippen LogP contribution in [0.1, 0.15) is 12.0 Å². The van der Waals surface area contributed by atoms with Gasteiger partial charge in [-0.15, -0.1) is 12.4 Å². The van der Waals surface area contributed by atoms with E-state index < -0.39 is 7.37 Å². The van der Waals surface area contributed by atoms with Gasteiger partial charge in [0.15, 0.2) is 0 Å². The van der Waals surface area contributed by atoms with Gasteiger partial charge in [-0.05, 0) is 18.5 Å². The van der Waals surface area contributed by atoms with Crippen LogP contribution in [-0.4, -0.2) is 17.6 Å². The molecular formula is C10H17ClNO2P. The zero-order valence-electron chi connectivity index (χ0n) is 8.50. The molecule has 0 saturated heterocycles. The summed E-state index contributed by atoms with van der Waals surface area (Å²) in [6, 6.07) is 9.37. The van der Waals surface area contributed by atoms with Gasteiger partial charge in [0.05, 0.1) is 0 Å². The molecule has 0 aromatic heterocycles. The average molecular weight is 250 g/mol. The lowest BCUT2D eigenvalue weighted by molar-refractivity contribution is 0.475. The molecule has 15 heavy (non-hydrogen) atoms. The standard InChI is InChI=1S/C10H16NO2P.ClH/c11-7-4-8-14(12,13)9-10-5-2-1-3-6-10;/h1-3,5-6H,4,7-9,11H2,(H,12,13);1H. The molecule has 86 valence electrons. The van der Waals surface area contributed by atoms with Crippen LogP contribution < -0.4 is 5.73 Å². The summed E-state index contributed by atoms with van der Waals surface area (Å²) in [6.07, 6.45) is 1.19. The van der Waals surface area contributed by atoms with E-state index >= 15 is 0 Å². The Kier molecular flexibility index (Phi) is 6.86. The normalized spacial score (nSPS) is 14.0. The monoisotopic (exact) mass is 249 g/mol. The topological polar surface area (TPSA) is 63.3 Å². The minimum Gasteiger partial charge on any atom is -0.344 e. The maximum atomic E-state index is 11.6. The van der Waals surface area contributed by atoms with Gasteiger partial charge in [0.1, 0.15) is 0 Å². The Labute approximate surface area is 96.6 Å². The van der Waals surface area contributed by atoms with Crippen LogP contribution in [0.15, 0.2) is 30.3 Å². The van der Waals surface area contributed by atoms with Gasteiger partial charge < -0.3 is 10.6 Å². The second-order valence-electron chi connectivity index (χ2n) is 3.36. The lowest BCUT2D eigenvalue weighted by Gasteiger charge is -2.10. The van der Waals surface area contributed by atoms with Gasteiger partial charge in [0.25, 0.3) is 0 Å². The van der Waals surface area contributed by atoms with Gasteiger partial charge in [-0.25, -0.2) is 0 Å². The van der Waals surface area contributed by atoms with Crippen LogP contribution in [0.4, 0.5) is 0 Å². The largest absolute Gasteiger partial charge is 0.344 e. The van der Waals surface area contributed by atoms with Crippen molar-refractivity contribution >= 4 is 19.8 Å². The zero-order valence-corrected chi connectivity index (χ0v) is 10.2. The molecule has 0 heterocycles. The summed E-state index contributed by atoms with van der Waals surface area (Å²) in [5, 5.41) is 0. The van der Waals surface area contributed by atoms with Gasteiger partial charge >= 0.3 is 0 Å². The predicted octanol–water partition coefficient (Wildman–Crippen LogP) is 2.23. The van der Waals surface area contributed by atoms with E-state index in [-0.39, 0.29) is 18.6 Å². The molecule has 0 spiro atoms. The maximum Gasteiger partial charge on any atom is 0.204 e. The molecule has 1 unspecified atom stereocenters. The van der Waals surface area contributed by atoms with Crippen LogP contribution in [0.2, 0.25) is 0 Å². The number of rotatable bonds is 5. The van der Waals surface area contributed by atoms with E-state index in [9.17, 15) is 9.46 Å². The predicted molar refractivity (Wildman–Crippen MR) is 65.8 cm³/mol. The van der Waals surface area contributed by atoms with E-state index in [1.165, 1.54) is 0 Å². The summed E-state index contributed by atoms with van der Waals surface area (Å²) in [4.78, 5) is 9.60. The molecule has 3 N–H and O–H groups in total. The highest BCUT2D eigenvalue weighted by molar-refractivity contribution is 7.57. The molecule has 0 bridgehead atoms. The SMILES string of the molecule is Cl.NCCCP(=O)(O)Cc1ccccc1. The van der Waals surface area contributed by atoms with Gasteiger partial charge in [-0.3, -0.25) is 4.57 Å². The number of nitrogens with two attached hydrogens (primary N) is 1. The Morgan fingerprint density at radius 1 is 1.27 bits per heavy atom. The number of benzene rings is 1. The summed E-state index contributed by atoms with van der Waals surface area (Å²) in [7, 11) is -3.01. The van der Waals surface area contributed by atoms with E-state index in [4.69, 9.17) is 5.73 Å². The lowest BCUT2D eigenvalue weighted by atomic mass is 10.2. The minimum atomic E-state index is -3.01. The smallest absolute Gasteiger partial charge is 0.204 e. The third kappa shape index (κ3) is 5.95. The number of hydrogen-bond acceptors (Lipinski definition) is 2. The first kappa shape index (κ1) is 14.7. The van der Waals surface area contributed by atoms with E-state index in [1.807, 2.05) is 30.3 Å². The van der Waals surface area contributed by atoms with Gasteiger partial charge in [0.2, 0.25) is 7.37 Å². The van der Waals surface area contributed by atoms with Crippen LogP contribution in [0.3, 0.4) is 0 Å². The van der Waals surface area contributed by atoms with E-state index in [1.54, 1.807) is 0 Å². The summed E-state index contributed by atoms with van der Waals surface area (Å²) in [6.45, 7) is 0.472. The van der Waals surface area contributed by atoms with Gasteiger partial charge in [-0.1, -0.05) is 30.3 Å². The van der Waals surface area contributed by atoms with Crippen molar-refractivity contribution in [3.05, 3.63) is 35.9 Å². The molecule has 1 aromatic carbocycles. The molecule has 1 rings (SSSR count). The Balaban J connectivity index is 0.00000196. The molecule has 0 fully saturated rings.